The third-order valence-electron chi connectivity index (χ3n) is 4.14. The summed E-state index contributed by atoms with van der Waals surface area (Å²) in [5.74, 6) is 0.895. The Kier molecular flexibility index (Phi) is 3.98. The Morgan fingerprint density at radius 3 is 2.32 bits per heavy atom. The van der Waals surface area contributed by atoms with E-state index in [0.717, 1.165) is 33.8 Å². The van der Waals surface area contributed by atoms with Gasteiger partial charge in [0.15, 0.2) is 0 Å². The maximum Gasteiger partial charge on any atom is 0.137 e. The Morgan fingerprint density at radius 1 is 0.840 bits per heavy atom. The molecule has 0 saturated heterocycles. The normalized spacial score (nSPS) is 11.2. The zero-order valence-electron chi connectivity index (χ0n) is 14.4. The number of hydrogen-bond acceptors (Lipinski definition) is 2. The highest BCUT2D eigenvalue weighted by molar-refractivity contribution is 5.71. The lowest BCUT2D eigenvalue weighted by Crippen LogP contribution is -2.05. The molecule has 0 atom stereocenters. The quantitative estimate of drug-likeness (QED) is 0.497. The topological polar surface area (TPSA) is 26.5 Å². The van der Waals surface area contributed by atoms with Crippen LogP contribution in [0.4, 0.5) is 0 Å². The van der Waals surface area contributed by atoms with Crippen LogP contribution in [0.25, 0.3) is 28.0 Å². The summed E-state index contributed by atoms with van der Waals surface area (Å²) in [4.78, 5) is 4.58. The predicted molar refractivity (Wildman–Crippen MR) is 102 cm³/mol. The van der Waals surface area contributed by atoms with Crippen molar-refractivity contribution in [2.24, 2.45) is 0 Å². The number of aromatic nitrogens is 2. The largest absolute Gasteiger partial charge is 0.491 e. The van der Waals surface area contributed by atoms with Gasteiger partial charge in [-0.05, 0) is 49.2 Å². The van der Waals surface area contributed by atoms with Gasteiger partial charge in [-0.2, -0.15) is 0 Å². The lowest BCUT2D eigenvalue weighted by molar-refractivity contribution is 0.242. The number of benzene rings is 2. The van der Waals surface area contributed by atoms with E-state index >= 15 is 0 Å². The van der Waals surface area contributed by atoms with E-state index in [-0.39, 0.29) is 6.10 Å². The first-order chi connectivity index (χ1) is 12.2. The molecule has 124 valence electrons. The van der Waals surface area contributed by atoms with Crippen LogP contribution in [-0.4, -0.2) is 15.5 Å². The summed E-state index contributed by atoms with van der Waals surface area (Å²) in [7, 11) is 0. The molecular weight excluding hydrogens is 308 g/mol. The second kappa shape index (κ2) is 6.44. The summed E-state index contributed by atoms with van der Waals surface area (Å²) in [6.07, 6.45) is 4.19. The summed E-state index contributed by atoms with van der Waals surface area (Å²) >= 11 is 0. The molecule has 2 aromatic carbocycles. The Hall–Kier alpha value is -3.07. The molecule has 0 aliphatic heterocycles. The second-order valence-electron chi connectivity index (χ2n) is 6.34. The van der Waals surface area contributed by atoms with Crippen LogP contribution in [0.3, 0.4) is 0 Å². The number of hydrogen-bond donors (Lipinski definition) is 0. The van der Waals surface area contributed by atoms with Crippen molar-refractivity contribution in [3.8, 4) is 28.1 Å². The van der Waals surface area contributed by atoms with Gasteiger partial charge < -0.3 is 4.74 Å². The van der Waals surface area contributed by atoms with Gasteiger partial charge >= 0.3 is 0 Å². The van der Waals surface area contributed by atoms with Crippen molar-refractivity contribution in [1.29, 1.82) is 0 Å². The third-order valence-corrected chi connectivity index (χ3v) is 4.14. The fourth-order valence-electron chi connectivity index (χ4n) is 2.98. The molecule has 0 spiro atoms. The van der Waals surface area contributed by atoms with E-state index in [1.807, 2.05) is 50.4 Å². The fourth-order valence-corrected chi connectivity index (χ4v) is 2.98. The molecule has 3 heteroatoms. The molecule has 0 N–H and O–H groups in total. The van der Waals surface area contributed by atoms with Gasteiger partial charge in [0.05, 0.1) is 18.0 Å². The predicted octanol–water partition coefficient (Wildman–Crippen LogP) is 5.46. The number of nitrogens with zero attached hydrogens (tertiary/aromatic N) is 2. The van der Waals surface area contributed by atoms with Crippen molar-refractivity contribution in [2.45, 2.75) is 20.0 Å². The number of pyridine rings is 1. The first-order valence-corrected chi connectivity index (χ1v) is 8.50. The highest BCUT2D eigenvalue weighted by Gasteiger charge is 2.07. The molecular formula is C22H20N2O. The van der Waals surface area contributed by atoms with Crippen LogP contribution < -0.4 is 4.74 Å². The van der Waals surface area contributed by atoms with E-state index in [0.29, 0.717) is 0 Å². The van der Waals surface area contributed by atoms with Gasteiger partial charge in [0.2, 0.25) is 0 Å². The van der Waals surface area contributed by atoms with Gasteiger partial charge in [-0.25, -0.2) is 4.98 Å². The SMILES string of the molecule is CC(C)Oc1ccc(-c2ccn3c(-c4ccccc4)cnc3c2)cc1. The lowest BCUT2D eigenvalue weighted by Gasteiger charge is -2.10. The summed E-state index contributed by atoms with van der Waals surface area (Å²) in [5, 5.41) is 0. The molecule has 2 aromatic heterocycles. The van der Waals surface area contributed by atoms with Crippen LogP contribution in [-0.2, 0) is 0 Å². The average Bonchev–Trinajstić information content (AvgIpc) is 3.06. The Balaban J connectivity index is 1.68. The van der Waals surface area contributed by atoms with Crippen molar-refractivity contribution < 1.29 is 4.74 Å². The number of rotatable bonds is 4. The standard InChI is InChI=1S/C22H20N2O/c1-16(2)25-20-10-8-17(9-11-20)19-12-13-24-21(15-23-22(24)14-19)18-6-4-3-5-7-18/h3-16H,1-2H3. The van der Waals surface area contributed by atoms with E-state index in [4.69, 9.17) is 4.74 Å². The second-order valence-corrected chi connectivity index (χ2v) is 6.34. The minimum absolute atomic E-state index is 0.184. The smallest absolute Gasteiger partial charge is 0.137 e. The fraction of sp³-hybridized carbons (Fsp3) is 0.136. The van der Waals surface area contributed by atoms with E-state index < -0.39 is 0 Å². The molecule has 25 heavy (non-hydrogen) atoms. The van der Waals surface area contributed by atoms with Gasteiger partial charge in [-0.15, -0.1) is 0 Å². The molecule has 0 unspecified atom stereocenters. The molecule has 0 saturated carbocycles. The molecule has 0 aliphatic rings. The van der Waals surface area contributed by atoms with E-state index in [1.165, 1.54) is 0 Å². The van der Waals surface area contributed by atoms with Crippen molar-refractivity contribution in [3.63, 3.8) is 0 Å². The van der Waals surface area contributed by atoms with E-state index in [9.17, 15) is 0 Å². The average molecular weight is 328 g/mol. The van der Waals surface area contributed by atoms with Crippen LogP contribution in [0.15, 0.2) is 79.1 Å². The van der Waals surface area contributed by atoms with Crippen molar-refractivity contribution in [2.75, 3.05) is 0 Å². The Labute approximate surface area is 147 Å². The third kappa shape index (κ3) is 3.13. The molecule has 0 fully saturated rings. The molecule has 0 bridgehead atoms. The van der Waals surface area contributed by atoms with Gasteiger partial charge in [-0.1, -0.05) is 42.5 Å². The highest BCUT2D eigenvalue weighted by Crippen LogP contribution is 2.26. The maximum atomic E-state index is 5.71. The number of fused-ring (bicyclic) bond motifs is 1. The summed E-state index contributed by atoms with van der Waals surface area (Å²) in [5.41, 5.74) is 5.51. The summed E-state index contributed by atoms with van der Waals surface area (Å²) in [6, 6.07) is 22.8. The van der Waals surface area contributed by atoms with Crippen LogP contribution >= 0.6 is 0 Å². The number of imidazole rings is 1. The van der Waals surface area contributed by atoms with Crippen LogP contribution in [0.2, 0.25) is 0 Å². The summed E-state index contributed by atoms with van der Waals surface area (Å²) < 4.78 is 7.83. The molecule has 0 aliphatic carbocycles. The molecule has 4 rings (SSSR count). The van der Waals surface area contributed by atoms with Crippen molar-refractivity contribution >= 4 is 5.65 Å². The van der Waals surface area contributed by atoms with E-state index in [1.54, 1.807) is 0 Å². The minimum atomic E-state index is 0.184. The van der Waals surface area contributed by atoms with Crippen LogP contribution in [0.5, 0.6) is 5.75 Å². The Morgan fingerprint density at radius 2 is 1.60 bits per heavy atom. The zero-order chi connectivity index (χ0) is 17.2. The van der Waals surface area contributed by atoms with Crippen LogP contribution in [0.1, 0.15) is 13.8 Å². The van der Waals surface area contributed by atoms with Crippen molar-refractivity contribution in [1.82, 2.24) is 9.38 Å². The Bertz CT molecular complexity index is 986. The number of ether oxygens (including phenoxy) is 1. The lowest BCUT2D eigenvalue weighted by atomic mass is 10.1. The zero-order valence-corrected chi connectivity index (χ0v) is 14.4. The van der Waals surface area contributed by atoms with Gasteiger partial charge in [0.1, 0.15) is 11.4 Å². The van der Waals surface area contributed by atoms with Gasteiger partial charge in [0, 0.05) is 11.8 Å². The molecule has 0 radical (unpaired) electrons. The molecule has 2 heterocycles. The van der Waals surface area contributed by atoms with Crippen molar-refractivity contribution in [3.05, 3.63) is 79.1 Å². The molecule has 4 aromatic rings. The molecule has 3 nitrogen and oxygen atoms in total. The highest BCUT2D eigenvalue weighted by atomic mass is 16.5. The van der Waals surface area contributed by atoms with E-state index in [2.05, 4.69) is 52.0 Å². The van der Waals surface area contributed by atoms with Gasteiger partial charge in [-0.3, -0.25) is 4.40 Å². The monoisotopic (exact) mass is 328 g/mol. The first kappa shape index (κ1) is 15.5. The maximum absolute atomic E-state index is 5.71. The van der Waals surface area contributed by atoms with Crippen LogP contribution in [0, 0.1) is 0 Å². The summed E-state index contributed by atoms with van der Waals surface area (Å²) in [6.45, 7) is 4.06. The van der Waals surface area contributed by atoms with Gasteiger partial charge in [0.25, 0.3) is 0 Å². The molecule has 0 amide bonds. The minimum Gasteiger partial charge on any atom is -0.491 e. The first-order valence-electron chi connectivity index (χ1n) is 8.50.